The third-order valence-corrected chi connectivity index (χ3v) is 7.29. The highest BCUT2D eigenvalue weighted by molar-refractivity contribution is 7.88. The lowest BCUT2D eigenvalue weighted by molar-refractivity contribution is -0.130. The van der Waals surface area contributed by atoms with Crippen molar-refractivity contribution in [3.8, 4) is 0 Å². The van der Waals surface area contributed by atoms with E-state index in [9.17, 15) is 18.3 Å². The molecule has 0 spiro atoms. The number of carbonyl (C=O) groups excluding carboxylic acids is 1. The molecular formula is C19H33N3O5S. The number of carbonyl (C=O) groups is 1. The number of ketones is 1. The Bertz CT molecular complexity index is 792. The van der Waals surface area contributed by atoms with E-state index in [4.69, 9.17) is 4.52 Å². The molecule has 0 aliphatic carbocycles. The Balaban J connectivity index is 2.02. The lowest BCUT2D eigenvalue weighted by atomic mass is 9.88. The summed E-state index contributed by atoms with van der Waals surface area (Å²) in [5.74, 6) is 0.486. The van der Waals surface area contributed by atoms with Crippen LogP contribution in [0.25, 0.3) is 0 Å². The number of sulfonamides is 1. The number of aliphatic hydroxyl groups is 1. The van der Waals surface area contributed by atoms with Crippen molar-refractivity contribution < 1.29 is 22.8 Å². The SMILES string of the molecule is CN(C1CCN(S(C)(=O)=O)CC1)C(C)(C)C(=O)Cc1cc(C(C)(C)CO)no1. The van der Waals surface area contributed by atoms with Gasteiger partial charge >= 0.3 is 0 Å². The van der Waals surface area contributed by atoms with Crippen molar-refractivity contribution in [1.29, 1.82) is 0 Å². The molecule has 2 rings (SSSR count). The minimum atomic E-state index is -3.17. The number of nitrogens with zero attached hydrogens (tertiary/aromatic N) is 3. The van der Waals surface area contributed by atoms with Crippen LogP contribution in [0.3, 0.4) is 0 Å². The molecule has 160 valence electrons. The van der Waals surface area contributed by atoms with Crippen LogP contribution in [-0.4, -0.2) is 78.2 Å². The van der Waals surface area contributed by atoms with Crippen LogP contribution in [0.15, 0.2) is 10.6 Å². The smallest absolute Gasteiger partial charge is 0.211 e. The minimum absolute atomic E-state index is 0.00467. The Morgan fingerprint density at radius 1 is 1.32 bits per heavy atom. The van der Waals surface area contributed by atoms with Crippen molar-refractivity contribution in [2.75, 3.05) is 33.0 Å². The Hall–Kier alpha value is -1.29. The van der Waals surface area contributed by atoms with E-state index in [1.54, 1.807) is 6.07 Å². The van der Waals surface area contributed by atoms with Crippen molar-refractivity contribution in [1.82, 2.24) is 14.4 Å². The molecule has 1 fully saturated rings. The molecule has 1 N–H and O–H groups in total. The fourth-order valence-electron chi connectivity index (χ4n) is 3.39. The van der Waals surface area contributed by atoms with Gasteiger partial charge in [-0.1, -0.05) is 19.0 Å². The third kappa shape index (κ3) is 5.00. The zero-order chi connectivity index (χ0) is 21.3. The summed E-state index contributed by atoms with van der Waals surface area (Å²) in [5, 5.41) is 13.5. The number of hydrogen-bond acceptors (Lipinski definition) is 7. The van der Waals surface area contributed by atoms with Crippen LogP contribution in [0.1, 0.15) is 52.0 Å². The summed E-state index contributed by atoms with van der Waals surface area (Å²) in [6, 6.07) is 1.87. The predicted molar refractivity (Wildman–Crippen MR) is 107 cm³/mol. The third-order valence-electron chi connectivity index (χ3n) is 5.99. The van der Waals surface area contributed by atoms with E-state index in [1.165, 1.54) is 10.6 Å². The van der Waals surface area contributed by atoms with E-state index in [-0.39, 0.29) is 24.9 Å². The average Bonchev–Trinajstić information content (AvgIpc) is 3.09. The highest BCUT2D eigenvalue weighted by Crippen LogP contribution is 2.27. The van der Waals surface area contributed by atoms with Crippen LogP contribution in [0.2, 0.25) is 0 Å². The van der Waals surface area contributed by atoms with Gasteiger partial charge in [0, 0.05) is 30.6 Å². The molecule has 0 amide bonds. The van der Waals surface area contributed by atoms with Crippen molar-refractivity contribution in [3.63, 3.8) is 0 Å². The molecule has 0 saturated carbocycles. The van der Waals surface area contributed by atoms with Gasteiger partial charge in [0.15, 0.2) is 5.78 Å². The van der Waals surface area contributed by atoms with E-state index >= 15 is 0 Å². The van der Waals surface area contributed by atoms with Gasteiger partial charge in [-0.2, -0.15) is 0 Å². The fourth-order valence-corrected chi connectivity index (χ4v) is 4.26. The van der Waals surface area contributed by atoms with Crippen LogP contribution >= 0.6 is 0 Å². The second kappa shape index (κ2) is 8.22. The molecule has 1 aliphatic rings. The molecule has 1 saturated heterocycles. The van der Waals surface area contributed by atoms with Gasteiger partial charge in [0.05, 0.1) is 30.5 Å². The lowest BCUT2D eigenvalue weighted by Crippen LogP contribution is -2.56. The first-order valence-electron chi connectivity index (χ1n) is 9.57. The molecule has 2 heterocycles. The summed E-state index contributed by atoms with van der Waals surface area (Å²) in [7, 11) is -1.25. The number of hydrogen-bond donors (Lipinski definition) is 1. The normalized spacial score (nSPS) is 18.0. The molecule has 8 nitrogen and oxygen atoms in total. The molecule has 0 aromatic carbocycles. The number of aromatic nitrogens is 1. The number of aliphatic hydroxyl groups excluding tert-OH is 1. The second-order valence-corrected chi connectivity index (χ2v) is 10.9. The molecule has 0 unspecified atom stereocenters. The summed E-state index contributed by atoms with van der Waals surface area (Å²) in [6.07, 6.45) is 2.73. The van der Waals surface area contributed by atoms with Crippen molar-refractivity contribution in [2.45, 2.75) is 64.0 Å². The first-order chi connectivity index (χ1) is 12.8. The van der Waals surface area contributed by atoms with Gasteiger partial charge in [-0.05, 0) is 33.7 Å². The standard InChI is InChI=1S/C19H33N3O5S/c1-18(2,13-23)16-11-15(27-20-16)12-17(24)19(3,4)21(5)14-7-9-22(10-8-14)28(6,25)26/h11,14,23H,7-10,12-13H2,1-6H3. The number of likely N-dealkylation sites (N-methyl/N-ethyl adjacent to an activating group) is 1. The first-order valence-corrected chi connectivity index (χ1v) is 11.4. The maximum Gasteiger partial charge on any atom is 0.211 e. The fraction of sp³-hybridized carbons (Fsp3) is 0.789. The predicted octanol–water partition coefficient (Wildman–Crippen LogP) is 1.19. The molecule has 9 heteroatoms. The van der Waals surface area contributed by atoms with E-state index in [0.717, 1.165) is 0 Å². The Kier molecular flexibility index (Phi) is 6.75. The van der Waals surface area contributed by atoms with Gasteiger partial charge in [-0.3, -0.25) is 9.69 Å². The summed E-state index contributed by atoms with van der Waals surface area (Å²) in [6.45, 7) is 8.36. The molecule has 0 atom stereocenters. The molecular weight excluding hydrogens is 382 g/mol. The van der Waals surface area contributed by atoms with E-state index in [0.29, 0.717) is 37.4 Å². The van der Waals surface area contributed by atoms with Gasteiger partial charge in [-0.25, -0.2) is 12.7 Å². The highest BCUT2D eigenvalue weighted by atomic mass is 32.2. The monoisotopic (exact) mass is 415 g/mol. The molecule has 1 aromatic rings. The van der Waals surface area contributed by atoms with Gasteiger partial charge in [-0.15, -0.1) is 0 Å². The average molecular weight is 416 g/mol. The summed E-state index contributed by atoms with van der Waals surface area (Å²) >= 11 is 0. The van der Waals surface area contributed by atoms with Gasteiger partial charge < -0.3 is 9.63 Å². The number of Topliss-reactive ketones (excluding diaryl/α,β-unsaturated/α-hetero) is 1. The topological polar surface area (TPSA) is 104 Å². The van der Waals surface area contributed by atoms with Crippen LogP contribution in [0.5, 0.6) is 0 Å². The second-order valence-electron chi connectivity index (χ2n) is 8.88. The lowest BCUT2D eigenvalue weighted by Gasteiger charge is -2.43. The maximum absolute atomic E-state index is 13.0. The van der Waals surface area contributed by atoms with Crippen molar-refractivity contribution in [3.05, 3.63) is 17.5 Å². The summed E-state index contributed by atoms with van der Waals surface area (Å²) < 4.78 is 30.2. The molecule has 1 aromatic heterocycles. The van der Waals surface area contributed by atoms with Gasteiger partial charge in [0.2, 0.25) is 10.0 Å². The van der Waals surface area contributed by atoms with Crippen LogP contribution < -0.4 is 0 Å². The Morgan fingerprint density at radius 2 is 1.89 bits per heavy atom. The largest absolute Gasteiger partial charge is 0.395 e. The summed E-state index contributed by atoms with van der Waals surface area (Å²) in [5.41, 5.74) is -0.626. The van der Waals surface area contributed by atoms with Crippen molar-refractivity contribution >= 4 is 15.8 Å². The first kappa shape index (κ1) is 23.0. The minimum Gasteiger partial charge on any atom is -0.395 e. The maximum atomic E-state index is 13.0. The zero-order valence-corrected chi connectivity index (χ0v) is 18.5. The zero-order valence-electron chi connectivity index (χ0n) is 17.7. The number of rotatable bonds is 8. The van der Waals surface area contributed by atoms with E-state index in [1.807, 2.05) is 39.6 Å². The Labute approximate surface area is 167 Å². The van der Waals surface area contributed by atoms with Crippen LogP contribution in [0.4, 0.5) is 0 Å². The molecule has 0 bridgehead atoms. The quantitative estimate of drug-likeness (QED) is 0.680. The van der Waals surface area contributed by atoms with Gasteiger partial charge in [0.1, 0.15) is 5.76 Å². The van der Waals surface area contributed by atoms with Crippen LogP contribution in [0, 0.1) is 0 Å². The summed E-state index contributed by atoms with van der Waals surface area (Å²) in [4.78, 5) is 15.0. The van der Waals surface area contributed by atoms with Gasteiger partial charge in [0.25, 0.3) is 0 Å². The van der Waals surface area contributed by atoms with E-state index in [2.05, 4.69) is 5.16 Å². The number of piperidine rings is 1. The van der Waals surface area contributed by atoms with E-state index < -0.39 is 21.0 Å². The highest BCUT2D eigenvalue weighted by Gasteiger charge is 2.38. The molecule has 1 aliphatic heterocycles. The van der Waals surface area contributed by atoms with Crippen LogP contribution in [-0.2, 0) is 26.7 Å². The molecule has 28 heavy (non-hydrogen) atoms. The molecule has 0 radical (unpaired) electrons. The Morgan fingerprint density at radius 3 is 2.39 bits per heavy atom. The van der Waals surface area contributed by atoms with Crippen molar-refractivity contribution in [2.24, 2.45) is 0 Å².